The van der Waals surface area contributed by atoms with Crippen LogP contribution in [0, 0.1) is 29.1 Å². The van der Waals surface area contributed by atoms with E-state index in [1.165, 1.54) is 23.9 Å². The van der Waals surface area contributed by atoms with E-state index in [-0.39, 0.29) is 34.8 Å². The quantitative estimate of drug-likeness (QED) is 0.335. The molecular weight excluding hydrogens is 514 g/mol. The predicted octanol–water partition coefficient (Wildman–Crippen LogP) is 5.42. The van der Waals surface area contributed by atoms with Crippen molar-refractivity contribution < 1.29 is 18.8 Å². The maximum atomic E-state index is 14.1. The lowest BCUT2D eigenvalue weighted by Crippen LogP contribution is -2.67. The number of benzene rings is 2. The van der Waals surface area contributed by atoms with Gasteiger partial charge in [0.05, 0.1) is 18.4 Å². The molecule has 3 aliphatic rings. The van der Waals surface area contributed by atoms with Gasteiger partial charge >= 0.3 is 5.97 Å². The van der Waals surface area contributed by atoms with E-state index >= 15 is 0 Å². The molecule has 6 heteroatoms. The standard InChI is InChI=1S/C34H47NO4Si/c1-33(2,3)40(28-16-9-7-10-17-28,29-18-11-8-12-19-29)39-23-27-22-35(32(37)34(27,4)5)30-24-14-13-15-25(30)21-26(20-24)31(36)38-6/h7-12,16-19,24-27,30H,13-15,20-23H2,1-6H3. The van der Waals surface area contributed by atoms with Crippen LogP contribution in [-0.2, 0) is 18.8 Å². The Morgan fingerprint density at radius 2 is 1.48 bits per heavy atom. The maximum Gasteiger partial charge on any atom is 0.308 e. The zero-order valence-corrected chi connectivity index (χ0v) is 26.2. The molecule has 0 aromatic heterocycles. The van der Waals surface area contributed by atoms with Gasteiger partial charge < -0.3 is 14.1 Å². The lowest BCUT2D eigenvalue weighted by Gasteiger charge is -2.49. The zero-order valence-electron chi connectivity index (χ0n) is 25.2. The van der Waals surface area contributed by atoms with E-state index in [1.54, 1.807) is 0 Å². The number of carbonyl (C=O) groups is 2. The zero-order chi connectivity index (χ0) is 28.7. The van der Waals surface area contributed by atoms with Crippen LogP contribution in [0.2, 0.25) is 5.04 Å². The molecule has 1 saturated heterocycles. The van der Waals surface area contributed by atoms with Crippen molar-refractivity contribution >= 4 is 30.6 Å². The normalized spacial score (nSPS) is 28.4. The summed E-state index contributed by atoms with van der Waals surface area (Å²) in [5.74, 6) is 0.972. The number of hydrogen-bond acceptors (Lipinski definition) is 4. The lowest BCUT2D eigenvalue weighted by atomic mass is 9.64. The predicted molar refractivity (Wildman–Crippen MR) is 162 cm³/mol. The topological polar surface area (TPSA) is 55.8 Å². The average Bonchev–Trinajstić information content (AvgIpc) is 3.16. The minimum Gasteiger partial charge on any atom is -0.469 e. The molecular formula is C34H47NO4Si. The van der Waals surface area contributed by atoms with Gasteiger partial charge in [0.15, 0.2) is 0 Å². The van der Waals surface area contributed by atoms with Crippen LogP contribution in [0.4, 0.5) is 0 Å². The number of fused-ring (bicyclic) bond motifs is 2. The highest BCUT2D eigenvalue weighted by Gasteiger charge is 2.56. The van der Waals surface area contributed by atoms with Crippen molar-refractivity contribution in [2.45, 2.75) is 77.8 Å². The number of ether oxygens (including phenoxy) is 1. The number of rotatable bonds is 7. The monoisotopic (exact) mass is 561 g/mol. The van der Waals surface area contributed by atoms with Gasteiger partial charge in [-0.2, -0.15) is 0 Å². The van der Waals surface area contributed by atoms with Crippen molar-refractivity contribution in [2.24, 2.45) is 29.1 Å². The largest absolute Gasteiger partial charge is 0.469 e. The Hall–Kier alpha value is -2.44. The smallest absolute Gasteiger partial charge is 0.308 e. The molecule has 2 saturated carbocycles. The molecule has 2 aromatic rings. The van der Waals surface area contributed by atoms with Gasteiger partial charge in [0.1, 0.15) is 0 Å². The summed E-state index contributed by atoms with van der Waals surface area (Å²) in [4.78, 5) is 28.7. The van der Waals surface area contributed by atoms with Gasteiger partial charge in [-0.05, 0) is 52.9 Å². The highest BCUT2D eigenvalue weighted by Crippen LogP contribution is 2.49. The molecule has 5 nitrogen and oxygen atoms in total. The summed E-state index contributed by atoms with van der Waals surface area (Å²) in [5, 5.41) is 2.43. The number of hydrogen-bond donors (Lipinski definition) is 0. The van der Waals surface area contributed by atoms with Crippen molar-refractivity contribution in [1.29, 1.82) is 0 Å². The number of esters is 1. The molecule has 2 aliphatic carbocycles. The van der Waals surface area contributed by atoms with Gasteiger partial charge in [-0.15, -0.1) is 0 Å². The molecule has 1 heterocycles. The molecule has 40 heavy (non-hydrogen) atoms. The molecule has 216 valence electrons. The molecule has 0 radical (unpaired) electrons. The van der Waals surface area contributed by atoms with E-state index in [0.29, 0.717) is 18.4 Å². The number of carbonyl (C=O) groups excluding carboxylic acids is 2. The third kappa shape index (κ3) is 4.96. The Kier molecular flexibility index (Phi) is 8.06. The van der Waals surface area contributed by atoms with Crippen LogP contribution in [0.1, 0.15) is 66.7 Å². The SMILES string of the molecule is COC(=O)C1CC2CCCC(C1)C2N1CC(CO[Si](c2ccccc2)(c2ccccc2)C(C)(C)C)C(C)(C)C1=O. The Bertz CT molecular complexity index is 1140. The fourth-order valence-corrected chi connectivity index (χ4v) is 12.8. The van der Waals surface area contributed by atoms with E-state index in [0.717, 1.165) is 32.2 Å². The van der Waals surface area contributed by atoms with Gasteiger partial charge in [-0.1, -0.05) is 102 Å². The van der Waals surface area contributed by atoms with Crippen LogP contribution < -0.4 is 10.4 Å². The van der Waals surface area contributed by atoms with Crippen LogP contribution in [0.3, 0.4) is 0 Å². The first-order chi connectivity index (χ1) is 19.0. The first-order valence-electron chi connectivity index (χ1n) is 15.1. The molecule has 5 rings (SSSR count). The summed E-state index contributed by atoms with van der Waals surface area (Å²) in [6.45, 7) is 12.4. The molecule has 3 fully saturated rings. The fourth-order valence-electron chi connectivity index (χ4n) is 8.18. The van der Waals surface area contributed by atoms with Crippen molar-refractivity contribution in [3.63, 3.8) is 0 Å². The third-order valence-corrected chi connectivity index (χ3v) is 15.4. The maximum absolute atomic E-state index is 14.1. The van der Waals surface area contributed by atoms with Crippen LogP contribution in [0.15, 0.2) is 60.7 Å². The van der Waals surface area contributed by atoms with Gasteiger partial charge in [0.25, 0.3) is 8.32 Å². The number of methoxy groups -OCH3 is 1. The summed E-state index contributed by atoms with van der Waals surface area (Å²) in [6, 6.07) is 21.7. The number of nitrogens with zero attached hydrogens (tertiary/aromatic N) is 1. The Morgan fingerprint density at radius 1 is 0.950 bits per heavy atom. The average molecular weight is 562 g/mol. The summed E-state index contributed by atoms with van der Waals surface area (Å²) >= 11 is 0. The third-order valence-electron chi connectivity index (χ3n) is 10.4. The van der Waals surface area contributed by atoms with Crippen molar-refractivity contribution in [1.82, 2.24) is 4.90 Å². The molecule has 2 aromatic carbocycles. The van der Waals surface area contributed by atoms with Gasteiger partial charge in [-0.3, -0.25) is 9.59 Å². The second-order valence-corrected chi connectivity index (χ2v) is 18.3. The first-order valence-corrected chi connectivity index (χ1v) is 17.1. The minimum absolute atomic E-state index is 0.0310. The molecule has 3 atom stereocenters. The molecule has 0 spiro atoms. The van der Waals surface area contributed by atoms with Crippen LogP contribution in [0.25, 0.3) is 0 Å². The lowest BCUT2D eigenvalue weighted by molar-refractivity contribution is -0.151. The number of likely N-dealkylation sites (tertiary alicyclic amines) is 1. The molecule has 3 unspecified atom stereocenters. The van der Waals surface area contributed by atoms with Gasteiger partial charge in [0.2, 0.25) is 5.91 Å². The van der Waals surface area contributed by atoms with Crippen LogP contribution in [0.5, 0.6) is 0 Å². The summed E-state index contributed by atoms with van der Waals surface area (Å²) in [6.07, 6.45) is 5.03. The van der Waals surface area contributed by atoms with E-state index in [1.807, 2.05) is 0 Å². The molecule has 1 aliphatic heterocycles. The van der Waals surface area contributed by atoms with E-state index in [4.69, 9.17) is 9.16 Å². The second-order valence-electron chi connectivity index (χ2n) is 14.0. The fraction of sp³-hybridized carbons (Fsp3) is 0.588. The highest BCUT2D eigenvalue weighted by molar-refractivity contribution is 6.99. The van der Waals surface area contributed by atoms with E-state index < -0.39 is 13.7 Å². The molecule has 0 N–H and O–H groups in total. The van der Waals surface area contributed by atoms with Gasteiger partial charge in [0, 0.05) is 25.1 Å². The first kappa shape index (κ1) is 29.1. The van der Waals surface area contributed by atoms with E-state index in [2.05, 4.69) is 100 Å². The Morgan fingerprint density at radius 3 is 1.95 bits per heavy atom. The highest BCUT2D eigenvalue weighted by atomic mass is 28.4. The van der Waals surface area contributed by atoms with E-state index in [9.17, 15) is 9.59 Å². The summed E-state index contributed by atoms with van der Waals surface area (Å²) < 4.78 is 12.4. The van der Waals surface area contributed by atoms with Crippen molar-refractivity contribution in [3.8, 4) is 0 Å². The summed E-state index contributed by atoms with van der Waals surface area (Å²) in [7, 11) is -1.20. The van der Waals surface area contributed by atoms with Gasteiger partial charge in [-0.25, -0.2) is 0 Å². The molecule has 1 amide bonds. The Balaban J connectivity index is 1.43. The van der Waals surface area contributed by atoms with Crippen molar-refractivity contribution in [2.75, 3.05) is 20.3 Å². The molecule has 2 bridgehead atoms. The second kappa shape index (κ2) is 11.1. The van der Waals surface area contributed by atoms with Crippen LogP contribution >= 0.6 is 0 Å². The van der Waals surface area contributed by atoms with Crippen molar-refractivity contribution in [3.05, 3.63) is 60.7 Å². The minimum atomic E-state index is -2.69. The summed E-state index contributed by atoms with van der Waals surface area (Å²) in [5.41, 5.74) is -0.501. The number of amides is 1. The van der Waals surface area contributed by atoms with Crippen LogP contribution in [-0.4, -0.2) is 51.4 Å². The Labute approximate surface area is 241 Å².